The molecule has 7 nitrogen and oxygen atoms in total. The van der Waals surface area contributed by atoms with Crippen molar-refractivity contribution in [3.63, 3.8) is 0 Å². The highest BCUT2D eigenvalue weighted by atomic mass is 32.2. The number of aliphatic imine (C=N–C) groups is 1. The van der Waals surface area contributed by atoms with E-state index >= 15 is 0 Å². The van der Waals surface area contributed by atoms with Crippen LogP contribution in [0, 0.1) is 0 Å². The Morgan fingerprint density at radius 3 is 2.66 bits per heavy atom. The molecule has 2 aliphatic rings. The molecule has 9 heteroatoms. The van der Waals surface area contributed by atoms with Gasteiger partial charge >= 0.3 is 0 Å². The van der Waals surface area contributed by atoms with Gasteiger partial charge in [0.15, 0.2) is 21.6 Å². The van der Waals surface area contributed by atoms with Crippen LogP contribution in [0.2, 0.25) is 0 Å². The number of benzene rings is 2. The Morgan fingerprint density at radius 1 is 1.09 bits per heavy atom. The van der Waals surface area contributed by atoms with Gasteiger partial charge in [-0.2, -0.15) is 4.99 Å². The summed E-state index contributed by atoms with van der Waals surface area (Å²) in [4.78, 5) is 18.7. The summed E-state index contributed by atoms with van der Waals surface area (Å²) in [5, 5.41) is 0.341. The Kier molecular flexibility index (Phi) is 7.05. The van der Waals surface area contributed by atoms with E-state index in [9.17, 15) is 13.2 Å². The SMILES string of the molecule is CCCCOc1cccc(N2C(=NC(=O)COc3ccccc3)S[C@@H]3CS(=O)(=O)C[C@@H]32)c1. The molecular weight excluding hydrogens is 448 g/mol. The van der Waals surface area contributed by atoms with Crippen molar-refractivity contribution in [1.29, 1.82) is 0 Å². The zero-order valence-electron chi connectivity index (χ0n) is 17.8. The van der Waals surface area contributed by atoms with E-state index in [0.717, 1.165) is 18.5 Å². The summed E-state index contributed by atoms with van der Waals surface area (Å²) in [7, 11) is -3.13. The monoisotopic (exact) mass is 474 g/mol. The number of hydrogen-bond donors (Lipinski definition) is 0. The molecule has 0 saturated carbocycles. The molecule has 32 heavy (non-hydrogen) atoms. The molecule has 2 saturated heterocycles. The summed E-state index contributed by atoms with van der Waals surface area (Å²) in [6.07, 6.45) is 1.99. The maximum absolute atomic E-state index is 12.5. The Labute approximate surface area is 192 Å². The number of para-hydroxylation sites is 1. The van der Waals surface area contributed by atoms with Crippen molar-refractivity contribution < 1.29 is 22.7 Å². The van der Waals surface area contributed by atoms with Crippen LogP contribution in [0.15, 0.2) is 59.6 Å². The maximum atomic E-state index is 12.5. The van der Waals surface area contributed by atoms with Crippen LogP contribution in [0.3, 0.4) is 0 Å². The largest absolute Gasteiger partial charge is 0.494 e. The average Bonchev–Trinajstić information content (AvgIpc) is 3.24. The van der Waals surface area contributed by atoms with E-state index < -0.39 is 15.7 Å². The molecule has 2 aliphatic heterocycles. The third-order valence-electron chi connectivity index (χ3n) is 5.25. The summed E-state index contributed by atoms with van der Waals surface area (Å²) in [5.74, 6) is 1.01. The second kappa shape index (κ2) is 9.95. The molecule has 2 atom stereocenters. The molecule has 1 amide bonds. The number of nitrogens with zero attached hydrogens (tertiary/aromatic N) is 2. The first-order valence-electron chi connectivity index (χ1n) is 10.6. The van der Waals surface area contributed by atoms with Crippen LogP contribution in [0.4, 0.5) is 5.69 Å². The van der Waals surface area contributed by atoms with Crippen LogP contribution in [-0.4, -0.2) is 55.5 Å². The van der Waals surface area contributed by atoms with Gasteiger partial charge in [0.1, 0.15) is 11.5 Å². The van der Waals surface area contributed by atoms with E-state index in [-0.39, 0.29) is 29.4 Å². The number of amidine groups is 1. The number of amides is 1. The minimum absolute atomic E-state index is 0.0410. The van der Waals surface area contributed by atoms with Crippen LogP contribution in [0.1, 0.15) is 19.8 Å². The number of unbranched alkanes of at least 4 members (excludes halogenated alkanes) is 1. The fourth-order valence-electron chi connectivity index (χ4n) is 3.72. The number of anilines is 1. The molecule has 170 valence electrons. The van der Waals surface area contributed by atoms with Gasteiger partial charge in [-0.15, -0.1) is 0 Å². The van der Waals surface area contributed by atoms with E-state index in [4.69, 9.17) is 9.47 Å². The third kappa shape index (κ3) is 5.45. The van der Waals surface area contributed by atoms with E-state index in [0.29, 0.717) is 23.3 Å². The maximum Gasteiger partial charge on any atom is 0.285 e. The lowest BCUT2D eigenvalue weighted by atomic mass is 10.2. The number of carbonyl (C=O) groups is 1. The Bertz CT molecular complexity index is 1090. The molecule has 0 aliphatic carbocycles. The molecule has 0 bridgehead atoms. The molecule has 0 spiro atoms. The second-order valence-electron chi connectivity index (χ2n) is 7.76. The van der Waals surface area contributed by atoms with Crippen LogP contribution >= 0.6 is 11.8 Å². The standard InChI is InChI=1S/C23H26N2O5S2/c1-2-3-12-29-19-11-7-8-17(13-19)25-20-15-32(27,28)16-21(20)31-23(25)24-22(26)14-30-18-9-5-4-6-10-18/h4-11,13,20-21H,2-3,12,14-16H2,1H3/t20-,21+/m0/s1. The fraction of sp³-hybridized carbons (Fsp3) is 0.391. The number of thioether (sulfide) groups is 1. The van der Waals surface area contributed by atoms with Crippen LogP contribution in [0.25, 0.3) is 0 Å². The van der Waals surface area contributed by atoms with Crippen molar-refractivity contribution >= 4 is 38.4 Å². The lowest BCUT2D eigenvalue weighted by molar-refractivity contribution is -0.119. The number of sulfone groups is 1. The zero-order valence-corrected chi connectivity index (χ0v) is 19.5. The summed E-state index contributed by atoms with van der Waals surface area (Å²) in [6, 6.07) is 16.3. The lowest BCUT2D eigenvalue weighted by Gasteiger charge is -2.25. The van der Waals surface area contributed by atoms with Crippen molar-refractivity contribution in [2.75, 3.05) is 29.6 Å². The van der Waals surface area contributed by atoms with Crippen molar-refractivity contribution in [2.24, 2.45) is 4.99 Å². The number of ether oxygens (including phenoxy) is 2. The summed E-state index contributed by atoms with van der Waals surface area (Å²) in [6.45, 7) is 2.53. The fourth-order valence-corrected chi connectivity index (χ4v) is 7.66. The van der Waals surface area contributed by atoms with Gasteiger partial charge in [-0.1, -0.05) is 49.4 Å². The van der Waals surface area contributed by atoms with Gasteiger partial charge in [0, 0.05) is 17.0 Å². The summed E-state index contributed by atoms with van der Waals surface area (Å²) >= 11 is 1.34. The minimum atomic E-state index is -3.13. The van der Waals surface area contributed by atoms with Crippen LogP contribution in [0.5, 0.6) is 11.5 Å². The van der Waals surface area contributed by atoms with Gasteiger partial charge in [-0.05, 0) is 30.7 Å². The highest BCUT2D eigenvalue weighted by Gasteiger charge is 2.49. The molecule has 0 radical (unpaired) electrons. The highest BCUT2D eigenvalue weighted by molar-refractivity contribution is 8.16. The van der Waals surface area contributed by atoms with E-state index in [2.05, 4.69) is 11.9 Å². The first-order valence-corrected chi connectivity index (χ1v) is 13.3. The number of fused-ring (bicyclic) bond motifs is 1. The van der Waals surface area contributed by atoms with Crippen molar-refractivity contribution in [1.82, 2.24) is 0 Å². The van der Waals surface area contributed by atoms with Gasteiger partial charge in [0.25, 0.3) is 5.91 Å². The molecular formula is C23H26N2O5S2. The molecule has 4 rings (SSSR count). The second-order valence-corrected chi connectivity index (χ2v) is 11.1. The van der Waals surface area contributed by atoms with Gasteiger partial charge < -0.3 is 14.4 Å². The first kappa shape index (κ1) is 22.7. The normalized spacial score (nSPS) is 22.7. The Morgan fingerprint density at radius 2 is 1.88 bits per heavy atom. The summed E-state index contributed by atoms with van der Waals surface area (Å²) < 4.78 is 35.9. The molecule has 2 fully saturated rings. The molecule has 0 N–H and O–H groups in total. The molecule has 2 aromatic carbocycles. The molecule has 2 aromatic rings. The smallest absolute Gasteiger partial charge is 0.285 e. The van der Waals surface area contributed by atoms with E-state index in [1.165, 1.54) is 11.8 Å². The predicted octanol–water partition coefficient (Wildman–Crippen LogP) is 3.55. The number of rotatable bonds is 8. The first-order chi connectivity index (χ1) is 15.4. The number of hydrogen-bond acceptors (Lipinski definition) is 6. The minimum Gasteiger partial charge on any atom is -0.494 e. The topological polar surface area (TPSA) is 85.3 Å². The van der Waals surface area contributed by atoms with Gasteiger partial charge in [0.05, 0.1) is 24.2 Å². The van der Waals surface area contributed by atoms with E-state index in [1.807, 2.05) is 47.4 Å². The van der Waals surface area contributed by atoms with E-state index in [1.54, 1.807) is 12.1 Å². The van der Waals surface area contributed by atoms with Crippen LogP contribution < -0.4 is 14.4 Å². The van der Waals surface area contributed by atoms with Crippen molar-refractivity contribution in [3.05, 3.63) is 54.6 Å². The lowest BCUT2D eigenvalue weighted by Crippen LogP contribution is -2.37. The van der Waals surface area contributed by atoms with Gasteiger partial charge in [-0.25, -0.2) is 8.42 Å². The average molecular weight is 475 g/mol. The predicted molar refractivity (Wildman–Crippen MR) is 128 cm³/mol. The van der Waals surface area contributed by atoms with Crippen molar-refractivity contribution in [3.8, 4) is 11.5 Å². The Hall–Kier alpha value is -2.52. The summed E-state index contributed by atoms with van der Waals surface area (Å²) in [5.41, 5.74) is 0.770. The van der Waals surface area contributed by atoms with Gasteiger partial charge in [-0.3, -0.25) is 4.79 Å². The molecule has 0 aromatic heterocycles. The van der Waals surface area contributed by atoms with Crippen LogP contribution in [-0.2, 0) is 14.6 Å². The van der Waals surface area contributed by atoms with Gasteiger partial charge in [0.2, 0.25) is 0 Å². The quantitative estimate of drug-likeness (QED) is 0.541. The molecule has 2 heterocycles. The number of carbonyl (C=O) groups excluding carboxylic acids is 1. The Balaban J connectivity index is 1.55. The van der Waals surface area contributed by atoms with Crippen molar-refractivity contribution in [2.45, 2.75) is 31.1 Å². The molecule has 0 unspecified atom stereocenters. The zero-order chi connectivity index (χ0) is 22.6. The highest BCUT2D eigenvalue weighted by Crippen LogP contribution is 2.41. The third-order valence-corrected chi connectivity index (χ3v) is 8.46.